The van der Waals surface area contributed by atoms with E-state index in [1.165, 1.54) is 48.8 Å². The first-order valence-electron chi connectivity index (χ1n) is 7.77. The number of hydrogen-bond acceptors (Lipinski definition) is 6. The maximum absolute atomic E-state index is 12.6. The molecule has 0 atom stereocenters. The molecule has 27 heavy (non-hydrogen) atoms. The molecule has 0 aliphatic heterocycles. The Morgan fingerprint density at radius 3 is 2.44 bits per heavy atom. The van der Waals surface area contributed by atoms with Crippen LogP contribution in [0.25, 0.3) is 11.3 Å². The fourth-order valence-corrected chi connectivity index (χ4v) is 4.11. The zero-order valence-electron chi connectivity index (χ0n) is 14.5. The molecule has 0 unspecified atom stereocenters. The number of methoxy groups -OCH3 is 1. The fraction of sp³-hybridized carbons (Fsp3) is 0.111. The summed E-state index contributed by atoms with van der Waals surface area (Å²) >= 11 is 1.52. The first kappa shape index (κ1) is 18.9. The Hall–Kier alpha value is -2.91. The van der Waals surface area contributed by atoms with Crippen LogP contribution in [0.5, 0.6) is 5.75 Å². The fourth-order valence-electron chi connectivity index (χ4n) is 2.41. The lowest BCUT2D eigenvalue weighted by Crippen LogP contribution is -2.14. The van der Waals surface area contributed by atoms with Crippen LogP contribution in [0.4, 0.5) is 5.69 Å². The number of thiazole rings is 1. The monoisotopic (exact) mass is 404 g/mol. The van der Waals surface area contributed by atoms with Gasteiger partial charge in [0.1, 0.15) is 5.75 Å². The summed E-state index contributed by atoms with van der Waals surface area (Å²) in [5.41, 5.74) is 1.77. The first-order chi connectivity index (χ1) is 12.8. The molecule has 140 valence electrons. The topological polar surface area (TPSA) is 106 Å². The summed E-state index contributed by atoms with van der Waals surface area (Å²) in [5.74, 6) is -1.01. The number of carbonyl (C=O) groups is 1. The molecule has 0 saturated carbocycles. The van der Waals surface area contributed by atoms with E-state index < -0.39 is 16.0 Å². The van der Waals surface area contributed by atoms with E-state index in [4.69, 9.17) is 9.84 Å². The number of benzene rings is 2. The van der Waals surface area contributed by atoms with Gasteiger partial charge in [0.2, 0.25) is 0 Å². The van der Waals surface area contributed by atoms with Crippen molar-refractivity contribution >= 4 is 33.0 Å². The number of sulfonamides is 1. The number of carboxylic acids is 1. The van der Waals surface area contributed by atoms with Crippen molar-refractivity contribution in [1.82, 2.24) is 4.98 Å². The van der Waals surface area contributed by atoms with Crippen molar-refractivity contribution in [2.24, 2.45) is 0 Å². The standard InChI is InChI=1S/C18H16N2O5S2/c1-11-19-16(10-26-11)12-3-6-14(7-4-12)27(23,24)20-15-8-5-13(18(21)22)9-17(15)25-2/h3-10,20H,1-2H3,(H,21,22). The van der Waals surface area contributed by atoms with Crippen LogP contribution >= 0.6 is 11.3 Å². The second-order valence-corrected chi connectivity index (χ2v) is 8.35. The molecule has 0 aliphatic carbocycles. The lowest BCUT2D eigenvalue weighted by atomic mass is 10.2. The first-order valence-corrected chi connectivity index (χ1v) is 10.1. The van der Waals surface area contributed by atoms with Crippen molar-refractivity contribution in [2.45, 2.75) is 11.8 Å². The number of carboxylic acid groups (broad SMARTS) is 1. The lowest BCUT2D eigenvalue weighted by molar-refractivity contribution is 0.0696. The normalized spacial score (nSPS) is 11.2. The van der Waals surface area contributed by atoms with Crippen LogP contribution in [-0.4, -0.2) is 31.6 Å². The molecule has 3 rings (SSSR count). The molecule has 1 heterocycles. The lowest BCUT2D eigenvalue weighted by Gasteiger charge is -2.12. The molecule has 9 heteroatoms. The van der Waals surface area contributed by atoms with Gasteiger partial charge in [-0.05, 0) is 37.3 Å². The van der Waals surface area contributed by atoms with Gasteiger partial charge in [-0.1, -0.05) is 12.1 Å². The SMILES string of the molecule is COc1cc(C(=O)O)ccc1NS(=O)(=O)c1ccc(-c2csc(C)n2)cc1. The van der Waals surface area contributed by atoms with Crippen molar-refractivity contribution in [3.05, 3.63) is 58.4 Å². The third-order valence-electron chi connectivity index (χ3n) is 3.77. The van der Waals surface area contributed by atoms with Crippen LogP contribution in [-0.2, 0) is 10.0 Å². The molecule has 7 nitrogen and oxygen atoms in total. The third-order valence-corrected chi connectivity index (χ3v) is 5.93. The van der Waals surface area contributed by atoms with E-state index in [1.54, 1.807) is 12.1 Å². The largest absolute Gasteiger partial charge is 0.495 e. The minimum atomic E-state index is -3.87. The van der Waals surface area contributed by atoms with Gasteiger partial charge in [-0.25, -0.2) is 18.2 Å². The number of nitrogens with one attached hydrogen (secondary N) is 1. The number of nitrogens with zero attached hydrogens (tertiary/aromatic N) is 1. The van der Waals surface area contributed by atoms with Crippen LogP contribution in [0.15, 0.2) is 52.7 Å². The number of rotatable bonds is 6. The van der Waals surface area contributed by atoms with Crippen molar-refractivity contribution < 1.29 is 23.1 Å². The van der Waals surface area contributed by atoms with Crippen LogP contribution in [0.3, 0.4) is 0 Å². The zero-order chi connectivity index (χ0) is 19.6. The highest BCUT2D eigenvalue weighted by Gasteiger charge is 2.18. The number of aromatic carboxylic acids is 1. The molecular weight excluding hydrogens is 388 g/mol. The highest BCUT2D eigenvalue weighted by atomic mass is 32.2. The second kappa shape index (κ2) is 7.37. The van der Waals surface area contributed by atoms with Gasteiger partial charge in [-0.2, -0.15) is 0 Å². The molecule has 2 aromatic carbocycles. The van der Waals surface area contributed by atoms with E-state index in [2.05, 4.69) is 9.71 Å². The van der Waals surface area contributed by atoms with Gasteiger partial charge >= 0.3 is 5.97 Å². The van der Waals surface area contributed by atoms with E-state index in [-0.39, 0.29) is 21.9 Å². The number of hydrogen-bond donors (Lipinski definition) is 2. The van der Waals surface area contributed by atoms with Gasteiger partial charge in [-0.15, -0.1) is 11.3 Å². The third kappa shape index (κ3) is 4.09. The molecular formula is C18H16N2O5S2. The van der Waals surface area contributed by atoms with Crippen LogP contribution in [0.1, 0.15) is 15.4 Å². The Bertz CT molecular complexity index is 1090. The van der Waals surface area contributed by atoms with Gasteiger partial charge in [0.15, 0.2) is 0 Å². The average molecular weight is 404 g/mol. The minimum absolute atomic E-state index is 0.00212. The molecule has 0 bridgehead atoms. The quantitative estimate of drug-likeness (QED) is 0.650. The van der Waals surface area contributed by atoms with E-state index in [0.29, 0.717) is 0 Å². The highest BCUT2D eigenvalue weighted by molar-refractivity contribution is 7.92. The zero-order valence-corrected chi connectivity index (χ0v) is 16.1. The minimum Gasteiger partial charge on any atom is -0.495 e. The van der Waals surface area contributed by atoms with Crippen LogP contribution < -0.4 is 9.46 Å². The Morgan fingerprint density at radius 1 is 1.19 bits per heavy atom. The smallest absolute Gasteiger partial charge is 0.335 e. The Balaban J connectivity index is 1.87. The van der Waals surface area contributed by atoms with E-state index in [1.807, 2.05) is 12.3 Å². The van der Waals surface area contributed by atoms with E-state index in [9.17, 15) is 13.2 Å². The summed E-state index contributed by atoms with van der Waals surface area (Å²) in [5, 5.41) is 11.9. The Labute approximate surface area is 160 Å². The summed E-state index contributed by atoms with van der Waals surface area (Å²) in [7, 11) is -2.53. The van der Waals surface area contributed by atoms with Crippen molar-refractivity contribution in [3.8, 4) is 17.0 Å². The molecule has 0 aliphatic rings. The van der Waals surface area contributed by atoms with Crippen molar-refractivity contribution in [2.75, 3.05) is 11.8 Å². The molecule has 0 saturated heterocycles. The molecule has 0 radical (unpaired) electrons. The Kier molecular flexibility index (Phi) is 5.15. The summed E-state index contributed by atoms with van der Waals surface area (Å²) in [6.07, 6.45) is 0. The Morgan fingerprint density at radius 2 is 1.89 bits per heavy atom. The highest BCUT2D eigenvalue weighted by Crippen LogP contribution is 2.29. The van der Waals surface area contributed by atoms with Gasteiger partial charge in [0.05, 0.1) is 34.0 Å². The number of ether oxygens (including phenoxy) is 1. The molecule has 0 spiro atoms. The molecule has 3 aromatic rings. The predicted octanol–water partition coefficient (Wildman–Crippen LogP) is 3.63. The molecule has 0 amide bonds. The van der Waals surface area contributed by atoms with Crippen molar-refractivity contribution in [1.29, 1.82) is 0 Å². The number of aryl methyl sites for hydroxylation is 1. The summed E-state index contributed by atoms with van der Waals surface area (Å²) in [6, 6.07) is 10.3. The van der Waals surface area contributed by atoms with Gasteiger partial charge in [-0.3, -0.25) is 4.72 Å². The summed E-state index contributed by atoms with van der Waals surface area (Å²) in [6.45, 7) is 1.90. The van der Waals surface area contributed by atoms with Gasteiger partial charge in [0.25, 0.3) is 10.0 Å². The van der Waals surface area contributed by atoms with E-state index in [0.717, 1.165) is 16.3 Å². The summed E-state index contributed by atoms with van der Waals surface area (Å²) in [4.78, 5) is 15.5. The van der Waals surface area contributed by atoms with Gasteiger partial charge < -0.3 is 9.84 Å². The van der Waals surface area contributed by atoms with Gasteiger partial charge in [0, 0.05) is 10.9 Å². The maximum Gasteiger partial charge on any atom is 0.335 e. The predicted molar refractivity (Wildman–Crippen MR) is 103 cm³/mol. The van der Waals surface area contributed by atoms with Crippen LogP contribution in [0, 0.1) is 6.92 Å². The van der Waals surface area contributed by atoms with Crippen molar-refractivity contribution in [3.63, 3.8) is 0 Å². The number of aromatic nitrogens is 1. The molecule has 1 aromatic heterocycles. The second-order valence-electron chi connectivity index (χ2n) is 5.60. The number of anilines is 1. The molecule has 2 N–H and O–H groups in total. The average Bonchev–Trinajstić information content (AvgIpc) is 3.08. The van der Waals surface area contributed by atoms with Crippen LogP contribution in [0.2, 0.25) is 0 Å². The maximum atomic E-state index is 12.6. The van der Waals surface area contributed by atoms with E-state index >= 15 is 0 Å². The molecule has 0 fully saturated rings. The summed E-state index contributed by atoms with van der Waals surface area (Å²) < 4.78 is 32.8.